The Morgan fingerprint density at radius 2 is 1.41 bits per heavy atom. The average molecular weight is 584 g/mol. The third-order valence-corrected chi connectivity index (χ3v) is 7.67. The van der Waals surface area contributed by atoms with Gasteiger partial charge in [0.25, 0.3) is 15.9 Å². The number of amides is 1. The van der Waals surface area contributed by atoms with Crippen molar-refractivity contribution in [2.24, 2.45) is 5.10 Å². The predicted octanol–water partition coefficient (Wildman–Crippen LogP) is 6.28. The number of nitrogens with one attached hydrogen (secondary N) is 2. The molecule has 1 amide bonds. The second-order valence-corrected chi connectivity index (χ2v) is 10.9. The van der Waals surface area contributed by atoms with Gasteiger partial charge < -0.3 is 4.74 Å². The van der Waals surface area contributed by atoms with E-state index >= 15 is 0 Å². The molecule has 8 nitrogen and oxygen atoms in total. The van der Waals surface area contributed by atoms with Gasteiger partial charge in [0, 0.05) is 21.8 Å². The first kappa shape index (κ1) is 27.6. The summed E-state index contributed by atoms with van der Waals surface area (Å²) in [5.41, 5.74) is 3.85. The maximum atomic E-state index is 12.8. The van der Waals surface area contributed by atoms with Crippen molar-refractivity contribution in [2.75, 3.05) is 4.72 Å². The zero-order valence-corrected chi connectivity index (χ0v) is 22.9. The molecule has 5 rings (SSSR count). The van der Waals surface area contributed by atoms with E-state index in [1.54, 1.807) is 48.5 Å². The first-order chi connectivity index (χ1) is 19.8. The molecule has 0 heterocycles. The van der Waals surface area contributed by atoms with E-state index in [1.165, 1.54) is 42.6 Å². The number of halogens is 1. The molecule has 0 atom stereocenters. The monoisotopic (exact) mass is 583 g/mol. The van der Waals surface area contributed by atoms with Gasteiger partial charge in [-0.25, -0.2) is 18.6 Å². The number of carbonyl (C=O) groups excluding carboxylic acids is 2. The molecule has 204 valence electrons. The van der Waals surface area contributed by atoms with Crippen molar-refractivity contribution in [2.45, 2.75) is 4.90 Å². The van der Waals surface area contributed by atoms with Crippen LogP contribution in [0.2, 0.25) is 5.02 Å². The lowest BCUT2D eigenvalue weighted by molar-refractivity contribution is 0.0734. The molecule has 0 bridgehead atoms. The van der Waals surface area contributed by atoms with Gasteiger partial charge in [-0.15, -0.1) is 0 Å². The van der Waals surface area contributed by atoms with Crippen LogP contribution in [-0.2, 0) is 10.0 Å². The first-order valence-electron chi connectivity index (χ1n) is 12.3. The second kappa shape index (κ2) is 12.0. The maximum absolute atomic E-state index is 12.8. The molecule has 0 saturated heterocycles. The van der Waals surface area contributed by atoms with Gasteiger partial charge >= 0.3 is 5.97 Å². The van der Waals surface area contributed by atoms with Crippen LogP contribution in [0.5, 0.6) is 5.75 Å². The van der Waals surface area contributed by atoms with Gasteiger partial charge in [0.1, 0.15) is 5.75 Å². The first-order valence-corrected chi connectivity index (χ1v) is 14.2. The van der Waals surface area contributed by atoms with Crippen molar-refractivity contribution in [3.05, 3.63) is 137 Å². The molecule has 0 aliphatic heterocycles. The number of hydrogen-bond donors (Lipinski definition) is 2. The summed E-state index contributed by atoms with van der Waals surface area (Å²) in [6.45, 7) is 0. The number of anilines is 1. The molecule has 10 heteroatoms. The quantitative estimate of drug-likeness (QED) is 0.0966. The van der Waals surface area contributed by atoms with Gasteiger partial charge in [-0.1, -0.05) is 60.1 Å². The van der Waals surface area contributed by atoms with Gasteiger partial charge in [-0.05, 0) is 77.5 Å². The highest BCUT2D eigenvalue weighted by atomic mass is 35.5. The van der Waals surface area contributed by atoms with Crippen LogP contribution in [0.15, 0.2) is 125 Å². The Hall–Kier alpha value is -4.99. The number of rotatable bonds is 8. The SMILES string of the molecule is O=C(N/N=C/c1c(OC(=O)c2ccc(Cl)cc2)ccc2ccccc12)c1ccc(NS(=O)(=O)c2ccccc2)cc1. The lowest BCUT2D eigenvalue weighted by atomic mass is 10.0. The molecule has 2 N–H and O–H groups in total. The van der Waals surface area contributed by atoms with Crippen LogP contribution in [-0.4, -0.2) is 26.5 Å². The Bertz CT molecular complexity index is 1860. The minimum Gasteiger partial charge on any atom is -0.422 e. The highest BCUT2D eigenvalue weighted by Crippen LogP contribution is 2.27. The fourth-order valence-corrected chi connectivity index (χ4v) is 5.17. The number of ether oxygens (including phenoxy) is 1. The van der Waals surface area contributed by atoms with E-state index in [-0.39, 0.29) is 16.2 Å². The van der Waals surface area contributed by atoms with E-state index in [4.69, 9.17) is 16.3 Å². The standard InChI is InChI=1S/C31H22ClN3O5S/c32-24-15-10-23(11-16-24)31(37)40-29-19-14-21-6-4-5-9-27(21)28(29)20-33-34-30(36)22-12-17-25(18-13-22)35-41(38,39)26-7-2-1-3-8-26/h1-20,35H,(H,34,36)/b33-20+. The Morgan fingerprint density at radius 1 is 0.756 bits per heavy atom. The Kier molecular flexibility index (Phi) is 8.09. The molecule has 41 heavy (non-hydrogen) atoms. The number of benzene rings is 5. The van der Waals surface area contributed by atoms with Gasteiger partial charge in [-0.2, -0.15) is 5.10 Å². The molecular weight excluding hydrogens is 562 g/mol. The highest BCUT2D eigenvalue weighted by molar-refractivity contribution is 7.92. The third-order valence-electron chi connectivity index (χ3n) is 6.03. The van der Waals surface area contributed by atoms with E-state index in [0.29, 0.717) is 21.8 Å². The second-order valence-electron chi connectivity index (χ2n) is 8.79. The number of hydrogen-bond acceptors (Lipinski definition) is 6. The summed E-state index contributed by atoms with van der Waals surface area (Å²) in [6, 6.07) is 31.2. The van der Waals surface area contributed by atoms with Crippen LogP contribution in [0.25, 0.3) is 10.8 Å². The van der Waals surface area contributed by atoms with Gasteiger partial charge in [0.2, 0.25) is 0 Å². The number of fused-ring (bicyclic) bond motifs is 1. The summed E-state index contributed by atoms with van der Waals surface area (Å²) in [7, 11) is -3.76. The fraction of sp³-hybridized carbons (Fsp3) is 0. The number of hydrazone groups is 1. The zero-order chi connectivity index (χ0) is 28.8. The van der Waals surface area contributed by atoms with Crippen molar-refractivity contribution in [3.63, 3.8) is 0 Å². The summed E-state index contributed by atoms with van der Waals surface area (Å²) >= 11 is 5.92. The van der Waals surface area contributed by atoms with E-state index in [0.717, 1.165) is 10.8 Å². The molecule has 0 unspecified atom stereocenters. The summed E-state index contributed by atoms with van der Waals surface area (Å²) in [5.74, 6) is -0.825. The maximum Gasteiger partial charge on any atom is 0.343 e. The smallest absolute Gasteiger partial charge is 0.343 e. The van der Waals surface area contributed by atoms with Gasteiger partial charge in [0.15, 0.2) is 0 Å². The summed E-state index contributed by atoms with van der Waals surface area (Å²) in [4.78, 5) is 25.6. The van der Waals surface area contributed by atoms with E-state index < -0.39 is 21.9 Å². The fourth-order valence-electron chi connectivity index (χ4n) is 3.97. The Labute approximate surface area is 241 Å². The molecule has 5 aromatic carbocycles. The summed E-state index contributed by atoms with van der Waals surface area (Å²) < 4.78 is 33.2. The van der Waals surface area contributed by atoms with Crippen molar-refractivity contribution in [1.29, 1.82) is 0 Å². The normalized spacial score (nSPS) is 11.3. The summed E-state index contributed by atoms with van der Waals surface area (Å²) in [6.07, 6.45) is 1.41. The number of esters is 1. The summed E-state index contributed by atoms with van der Waals surface area (Å²) in [5, 5.41) is 6.25. The van der Waals surface area contributed by atoms with Crippen LogP contribution < -0.4 is 14.9 Å². The third kappa shape index (κ3) is 6.60. The minimum atomic E-state index is -3.76. The molecule has 0 spiro atoms. The Balaban J connectivity index is 1.31. The zero-order valence-electron chi connectivity index (χ0n) is 21.3. The molecule has 0 fully saturated rings. The molecule has 0 aliphatic carbocycles. The molecule has 5 aromatic rings. The van der Waals surface area contributed by atoms with Crippen LogP contribution >= 0.6 is 11.6 Å². The van der Waals surface area contributed by atoms with Crippen LogP contribution in [0.3, 0.4) is 0 Å². The number of nitrogens with zero attached hydrogens (tertiary/aromatic N) is 1. The lowest BCUT2D eigenvalue weighted by Crippen LogP contribution is -2.18. The number of sulfonamides is 1. The molecule has 0 saturated carbocycles. The van der Waals surface area contributed by atoms with E-state index in [2.05, 4.69) is 15.2 Å². The molecule has 0 aliphatic rings. The molecule has 0 aromatic heterocycles. The van der Waals surface area contributed by atoms with E-state index in [9.17, 15) is 18.0 Å². The van der Waals surface area contributed by atoms with Crippen LogP contribution in [0.1, 0.15) is 26.3 Å². The van der Waals surface area contributed by atoms with Crippen molar-refractivity contribution >= 4 is 56.2 Å². The molecule has 0 radical (unpaired) electrons. The van der Waals surface area contributed by atoms with Crippen molar-refractivity contribution in [1.82, 2.24) is 5.43 Å². The minimum absolute atomic E-state index is 0.128. The van der Waals surface area contributed by atoms with E-state index in [1.807, 2.05) is 30.3 Å². The number of carbonyl (C=O) groups is 2. The van der Waals surface area contributed by atoms with Crippen molar-refractivity contribution in [3.8, 4) is 5.75 Å². The topological polar surface area (TPSA) is 114 Å². The lowest BCUT2D eigenvalue weighted by Gasteiger charge is -2.11. The van der Waals surface area contributed by atoms with Crippen LogP contribution in [0.4, 0.5) is 5.69 Å². The van der Waals surface area contributed by atoms with Crippen LogP contribution in [0, 0.1) is 0 Å². The average Bonchev–Trinajstić information content (AvgIpc) is 2.99. The Morgan fingerprint density at radius 3 is 2.15 bits per heavy atom. The van der Waals surface area contributed by atoms with Gasteiger partial charge in [-0.3, -0.25) is 9.52 Å². The highest BCUT2D eigenvalue weighted by Gasteiger charge is 2.15. The van der Waals surface area contributed by atoms with Gasteiger partial charge in [0.05, 0.1) is 16.7 Å². The largest absolute Gasteiger partial charge is 0.422 e. The predicted molar refractivity (Wildman–Crippen MR) is 159 cm³/mol. The van der Waals surface area contributed by atoms with Crippen molar-refractivity contribution < 1.29 is 22.7 Å². The molecular formula is C31H22ClN3O5S.